The number of nitrogens with zero attached hydrogens (tertiary/aromatic N) is 3. The van der Waals surface area contributed by atoms with E-state index in [-0.39, 0.29) is 11.6 Å². The molecule has 3 rings (SSSR count). The lowest BCUT2D eigenvalue weighted by Gasteiger charge is -2.24. The van der Waals surface area contributed by atoms with Gasteiger partial charge in [0.1, 0.15) is 0 Å². The Hall–Kier alpha value is -2.34. The van der Waals surface area contributed by atoms with Crippen LogP contribution in [0.25, 0.3) is 16.9 Å². The Kier molecular flexibility index (Phi) is 6.51. The zero-order chi connectivity index (χ0) is 23.1. The average Bonchev–Trinajstić information content (AvgIpc) is 3.03. The Bertz CT molecular complexity index is 1160. The number of benzene rings is 2. The summed E-state index contributed by atoms with van der Waals surface area (Å²) in [5, 5.41) is 6.02. The number of aromatic nitrogens is 2. The molecule has 0 N–H and O–H groups in total. The molecule has 1 heterocycles. The van der Waals surface area contributed by atoms with Crippen molar-refractivity contribution in [2.75, 3.05) is 7.05 Å². The van der Waals surface area contributed by atoms with E-state index >= 15 is 0 Å². The summed E-state index contributed by atoms with van der Waals surface area (Å²) in [6.45, 7) is 7.07. The summed E-state index contributed by atoms with van der Waals surface area (Å²) < 4.78 is 1.60. The molecule has 5 nitrogen and oxygen atoms in total. The van der Waals surface area contributed by atoms with Gasteiger partial charge in [-0.2, -0.15) is 5.10 Å². The number of rotatable bonds is 3. The lowest BCUT2D eigenvalue weighted by atomic mass is 9.94. The second kappa shape index (κ2) is 8.65. The Morgan fingerprint density at radius 1 is 0.968 bits per heavy atom. The van der Waals surface area contributed by atoms with Crippen LogP contribution < -0.4 is 0 Å². The van der Waals surface area contributed by atoms with Gasteiger partial charge < -0.3 is 0 Å². The number of hydrogen-bond donors (Lipinski definition) is 0. The molecule has 0 bridgehead atoms. The van der Waals surface area contributed by atoms with E-state index in [9.17, 15) is 9.59 Å². The molecule has 3 aromatic rings. The molecule has 31 heavy (non-hydrogen) atoms. The van der Waals surface area contributed by atoms with E-state index in [4.69, 9.17) is 34.8 Å². The Morgan fingerprint density at radius 3 is 2.10 bits per heavy atom. The molecule has 2 amide bonds. The van der Waals surface area contributed by atoms with E-state index in [1.165, 1.54) is 7.05 Å². The first-order valence-electron chi connectivity index (χ1n) is 9.55. The number of carbonyl (C=O) groups is 2. The summed E-state index contributed by atoms with van der Waals surface area (Å²) in [7, 11) is 1.46. The number of imide groups is 1. The molecule has 0 aliphatic heterocycles. The van der Waals surface area contributed by atoms with Crippen molar-refractivity contribution < 1.29 is 9.59 Å². The lowest BCUT2D eigenvalue weighted by molar-refractivity contribution is -0.135. The Labute approximate surface area is 196 Å². The van der Waals surface area contributed by atoms with Gasteiger partial charge in [0.25, 0.3) is 5.91 Å². The predicted molar refractivity (Wildman–Crippen MR) is 125 cm³/mol. The van der Waals surface area contributed by atoms with E-state index in [0.29, 0.717) is 32.0 Å². The van der Waals surface area contributed by atoms with Crippen LogP contribution in [0.5, 0.6) is 0 Å². The van der Waals surface area contributed by atoms with Gasteiger partial charge in [-0.1, -0.05) is 67.7 Å². The highest BCUT2D eigenvalue weighted by Gasteiger charge is 2.32. The maximum Gasteiger partial charge on any atom is 0.281 e. The third-order valence-corrected chi connectivity index (χ3v) is 5.62. The van der Waals surface area contributed by atoms with Crippen molar-refractivity contribution >= 4 is 46.6 Å². The van der Waals surface area contributed by atoms with Gasteiger partial charge in [0, 0.05) is 33.6 Å². The third-order valence-electron chi connectivity index (χ3n) is 4.83. The molecule has 0 saturated heterocycles. The van der Waals surface area contributed by atoms with Gasteiger partial charge in [-0.25, -0.2) is 4.68 Å². The first kappa shape index (κ1) is 23.3. The van der Waals surface area contributed by atoms with Crippen LogP contribution >= 0.6 is 34.8 Å². The van der Waals surface area contributed by atoms with Crippen molar-refractivity contribution in [1.82, 2.24) is 14.7 Å². The fraction of sp³-hybridized carbons (Fsp3) is 0.261. The van der Waals surface area contributed by atoms with Crippen molar-refractivity contribution in [1.29, 1.82) is 0 Å². The molecule has 8 heteroatoms. The van der Waals surface area contributed by atoms with Gasteiger partial charge >= 0.3 is 0 Å². The summed E-state index contributed by atoms with van der Waals surface area (Å²) in [5.74, 6) is -0.791. The van der Waals surface area contributed by atoms with E-state index in [2.05, 4.69) is 5.10 Å². The highest BCUT2D eigenvalue weighted by molar-refractivity contribution is 6.35. The molecule has 0 aliphatic carbocycles. The van der Waals surface area contributed by atoms with E-state index in [1.807, 2.05) is 12.1 Å². The zero-order valence-electron chi connectivity index (χ0n) is 17.8. The molecule has 162 valence electrons. The fourth-order valence-corrected chi connectivity index (χ4v) is 3.84. The van der Waals surface area contributed by atoms with Crippen LogP contribution in [0.3, 0.4) is 0 Å². The number of amides is 2. The molecular weight excluding hydrogens is 457 g/mol. The van der Waals surface area contributed by atoms with Crippen LogP contribution in [0.1, 0.15) is 36.8 Å². The van der Waals surface area contributed by atoms with Gasteiger partial charge in [0.05, 0.1) is 16.4 Å². The fourth-order valence-electron chi connectivity index (χ4n) is 3.23. The molecule has 0 radical (unpaired) electrons. The molecule has 0 saturated carbocycles. The minimum atomic E-state index is -0.709. The van der Waals surface area contributed by atoms with Crippen molar-refractivity contribution in [3.63, 3.8) is 0 Å². The first-order valence-corrected chi connectivity index (χ1v) is 10.7. The van der Waals surface area contributed by atoms with Crippen molar-refractivity contribution in [2.24, 2.45) is 5.41 Å². The minimum absolute atomic E-state index is 0.163. The Balaban J connectivity index is 2.22. The molecule has 0 unspecified atom stereocenters. The van der Waals surface area contributed by atoms with Crippen molar-refractivity contribution in [3.8, 4) is 16.9 Å². The van der Waals surface area contributed by atoms with E-state index in [0.717, 1.165) is 10.5 Å². The molecule has 0 spiro atoms. The predicted octanol–water partition coefficient (Wildman–Crippen LogP) is 6.45. The van der Waals surface area contributed by atoms with Crippen LogP contribution in [0, 0.1) is 12.3 Å². The number of halogens is 3. The van der Waals surface area contributed by atoms with Gasteiger partial charge in [-0.15, -0.1) is 0 Å². The molecule has 0 atom stereocenters. The summed E-state index contributed by atoms with van der Waals surface area (Å²) in [6.07, 6.45) is 0. The standard InChI is InChI=1S/C23H22Cl3N3O2/c1-13-19(21(30)28(5)22(31)23(2,3)4)27-29(18-11-10-16(25)12-17(18)26)20(13)14-6-8-15(24)9-7-14/h6-12H,1-5H3. The lowest BCUT2D eigenvalue weighted by Crippen LogP contribution is -2.41. The molecule has 2 aromatic carbocycles. The number of carbonyl (C=O) groups excluding carboxylic acids is 2. The monoisotopic (exact) mass is 477 g/mol. The van der Waals surface area contributed by atoms with Crippen LogP contribution in [0.2, 0.25) is 15.1 Å². The summed E-state index contributed by atoms with van der Waals surface area (Å²) in [5.41, 5.74) is 2.09. The molecule has 0 aliphatic rings. The van der Waals surface area contributed by atoms with Gasteiger partial charge in [-0.3, -0.25) is 14.5 Å². The molecular formula is C23H22Cl3N3O2. The summed E-state index contributed by atoms with van der Waals surface area (Å²) >= 11 is 18.6. The van der Waals surface area contributed by atoms with Crippen LogP contribution in [-0.4, -0.2) is 33.5 Å². The van der Waals surface area contributed by atoms with Crippen LogP contribution in [0.4, 0.5) is 0 Å². The van der Waals surface area contributed by atoms with Gasteiger partial charge in [-0.05, 0) is 37.3 Å². The summed E-state index contributed by atoms with van der Waals surface area (Å²) in [4.78, 5) is 27.0. The second-order valence-corrected chi connectivity index (χ2v) is 9.54. The van der Waals surface area contributed by atoms with Gasteiger partial charge in [0.2, 0.25) is 5.91 Å². The van der Waals surface area contributed by atoms with Crippen molar-refractivity contribution in [3.05, 3.63) is 68.8 Å². The van der Waals surface area contributed by atoms with Gasteiger partial charge in [0.15, 0.2) is 5.69 Å². The maximum absolute atomic E-state index is 13.2. The highest BCUT2D eigenvalue weighted by Crippen LogP contribution is 2.33. The van der Waals surface area contributed by atoms with Crippen LogP contribution in [-0.2, 0) is 4.79 Å². The first-order chi connectivity index (χ1) is 14.4. The zero-order valence-corrected chi connectivity index (χ0v) is 20.1. The normalized spacial score (nSPS) is 11.5. The second-order valence-electron chi connectivity index (χ2n) is 8.26. The molecule has 1 aromatic heterocycles. The molecule has 0 fully saturated rings. The quantitative estimate of drug-likeness (QED) is 0.434. The highest BCUT2D eigenvalue weighted by atomic mass is 35.5. The SMILES string of the molecule is Cc1c(C(=O)N(C)C(=O)C(C)(C)C)nn(-c2ccc(Cl)cc2Cl)c1-c1ccc(Cl)cc1. The Morgan fingerprint density at radius 2 is 1.55 bits per heavy atom. The smallest absolute Gasteiger partial charge is 0.280 e. The van der Waals surface area contributed by atoms with Crippen LogP contribution in [0.15, 0.2) is 42.5 Å². The maximum atomic E-state index is 13.2. The van der Waals surface area contributed by atoms with E-state index in [1.54, 1.807) is 62.7 Å². The minimum Gasteiger partial charge on any atom is -0.280 e. The van der Waals surface area contributed by atoms with Crippen molar-refractivity contribution in [2.45, 2.75) is 27.7 Å². The number of hydrogen-bond acceptors (Lipinski definition) is 3. The summed E-state index contributed by atoms with van der Waals surface area (Å²) in [6, 6.07) is 12.2. The third kappa shape index (κ3) is 4.64. The van der Waals surface area contributed by atoms with E-state index < -0.39 is 11.3 Å². The largest absolute Gasteiger partial charge is 0.281 e. The average molecular weight is 479 g/mol. The topological polar surface area (TPSA) is 55.2 Å².